The second kappa shape index (κ2) is 7.96. The Kier molecular flexibility index (Phi) is 5.23. The third kappa shape index (κ3) is 3.56. The van der Waals surface area contributed by atoms with E-state index in [0.29, 0.717) is 31.2 Å². The van der Waals surface area contributed by atoms with Gasteiger partial charge in [-0.2, -0.15) is 10.4 Å². The summed E-state index contributed by atoms with van der Waals surface area (Å²) in [4.78, 5) is 19.3. The van der Waals surface area contributed by atoms with Crippen LogP contribution in [0.2, 0.25) is 0 Å². The lowest BCUT2D eigenvalue weighted by atomic mass is 10.1. The lowest BCUT2D eigenvalue weighted by Crippen LogP contribution is -2.36. The van der Waals surface area contributed by atoms with Crippen molar-refractivity contribution >= 4 is 33.3 Å². The molecule has 1 aliphatic rings. The number of carbonyl (C=O) groups excluding carboxylic acids is 1. The second-order valence-corrected chi connectivity index (χ2v) is 7.64. The largest absolute Gasteiger partial charge is 0.383 e. The lowest BCUT2D eigenvalue weighted by molar-refractivity contribution is -0.119. The third-order valence-corrected chi connectivity index (χ3v) is 5.82. The maximum absolute atomic E-state index is 12.4. The Balaban J connectivity index is 1.49. The fourth-order valence-electron chi connectivity index (χ4n) is 3.41. The van der Waals surface area contributed by atoms with E-state index < -0.39 is 6.04 Å². The van der Waals surface area contributed by atoms with E-state index in [-0.39, 0.29) is 5.91 Å². The molecule has 1 aromatic carbocycles. The molecule has 1 aliphatic heterocycles. The van der Waals surface area contributed by atoms with Crippen LogP contribution in [0.4, 0.5) is 5.13 Å². The molecule has 0 spiro atoms. The zero-order valence-electron chi connectivity index (χ0n) is 15.5. The highest BCUT2D eigenvalue weighted by atomic mass is 32.1. The monoisotopic (exact) mass is 396 g/mol. The number of rotatable bonds is 6. The normalized spacial score (nSPS) is 16.4. The van der Waals surface area contributed by atoms with Gasteiger partial charge in [0, 0.05) is 25.2 Å². The van der Waals surface area contributed by atoms with Gasteiger partial charge in [-0.25, -0.2) is 4.98 Å². The third-order valence-electron chi connectivity index (χ3n) is 4.85. The van der Waals surface area contributed by atoms with Crippen molar-refractivity contribution in [2.75, 3.05) is 25.6 Å². The van der Waals surface area contributed by atoms with E-state index in [1.807, 2.05) is 23.0 Å². The summed E-state index contributed by atoms with van der Waals surface area (Å²) in [6, 6.07) is 5.74. The van der Waals surface area contributed by atoms with Gasteiger partial charge in [-0.3, -0.25) is 14.4 Å². The van der Waals surface area contributed by atoms with Crippen molar-refractivity contribution < 1.29 is 9.53 Å². The van der Waals surface area contributed by atoms with Crippen LogP contribution in [-0.2, 0) is 16.1 Å². The average molecular weight is 396 g/mol. The van der Waals surface area contributed by atoms with E-state index in [2.05, 4.69) is 27.7 Å². The molecule has 0 aliphatic carbocycles. The van der Waals surface area contributed by atoms with Gasteiger partial charge in [0.2, 0.25) is 5.91 Å². The van der Waals surface area contributed by atoms with E-state index in [1.165, 1.54) is 16.2 Å². The molecular formula is C19H20N6O2S. The number of carbonyl (C=O) groups is 1. The number of methoxy groups -OCH3 is 1. The molecule has 2 aromatic heterocycles. The first-order chi connectivity index (χ1) is 13.7. The molecule has 0 bridgehead atoms. The number of thiazole rings is 1. The number of aromatic nitrogens is 3. The van der Waals surface area contributed by atoms with Crippen LogP contribution in [0.15, 0.2) is 30.6 Å². The molecule has 1 atom stereocenters. The van der Waals surface area contributed by atoms with Crippen molar-refractivity contribution in [1.82, 2.24) is 19.7 Å². The maximum atomic E-state index is 12.4. The fourth-order valence-corrected chi connectivity index (χ4v) is 4.22. The Morgan fingerprint density at radius 3 is 3.18 bits per heavy atom. The first-order valence-electron chi connectivity index (χ1n) is 9.07. The topological polar surface area (TPSA) is 96.1 Å². The highest BCUT2D eigenvalue weighted by molar-refractivity contribution is 7.19. The van der Waals surface area contributed by atoms with Gasteiger partial charge in [0.15, 0.2) is 11.3 Å². The van der Waals surface area contributed by atoms with Gasteiger partial charge < -0.3 is 10.1 Å². The molecule has 0 radical (unpaired) electrons. The van der Waals surface area contributed by atoms with Gasteiger partial charge in [-0.1, -0.05) is 17.4 Å². The minimum Gasteiger partial charge on any atom is -0.383 e. The van der Waals surface area contributed by atoms with E-state index in [1.54, 1.807) is 13.3 Å². The molecule has 1 N–H and O–H groups in total. The van der Waals surface area contributed by atoms with E-state index in [4.69, 9.17) is 10.00 Å². The van der Waals surface area contributed by atoms with Crippen molar-refractivity contribution in [3.05, 3.63) is 30.6 Å². The Labute approximate surface area is 166 Å². The van der Waals surface area contributed by atoms with Crippen molar-refractivity contribution in [1.29, 1.82) is 5.26 Å². The van der Waals surface area contributed by atoms with E-state index >= 15 is 0 Å². The number of hydrogen-bond acceptors (Lipinski definition) is 7. The van der Waals surface area contributed by atoms with Gasteiger partial charge in [-0.05, 0) is 30.5 Å². The first-order valence-corrected chi connectivity index (χ1v) is 9.89. The zero-order valence-corrected chi connectivity index (χ0v) is 16.3. The standard InChI is InChI=1S/C19H20N6O2S/c1-27-8-7-25-15-5-4-13(9-14(15)10-22-25)17-11-21-19(28-17)23-18(26)16-3-2-6-24(16)12-20/h4-5,9-11,16H,2-3,6-8H2,1H3,(H,21,23,26). The smallest absolute Gasteiger partial charge is 0.249 e. The van der Waals surface area contributed by atoms with Crippen LogP contribution < -0.4 is 5.32 Å². The van der Waals surface area contributed by atoms with Crippen LogP contribution in [-0.4, -0.2) is 51.9 Å². The fraction of sp³-hybridized carbons (Fsp3) is 0.368. The molecule has 1 amide bonds. The van der Waals surface area contributed by atoms with Crippen LogP contribution in [0.5, 0.6) is 0 Å². The SMILES string of the molecule is COCCn1ncc2cc(-c3cnc(NC(=O)C4CCCN4C#N)s3)ccc21. The summed E-state index contributed by atoms with van der Waals surface area (Å²) >= 11 is 1.42. The number of anilines is 1. The van der Waals surface area contributed by atoms with Gasteiger partial charge >= 0.3 is 0 Å². The van der Waals surface area contributed by atoms with Crippen molar-refractivity contribution in [2.24, 2.45) is 0 Å². The predicted octanol–water partition coefficient (Wildman–Crippen LogP) is 2.69. The number of nitrogens with zero attached hydrogens (tertiary/aromatic N) is 5. The van der Waals surface area contributed by atoms with Crippen molar-refractivity contribution in [3.8, 4) is 16.6 Å². The molecule has 0 saturated carbocycles. The zero-order chi connectivity index (χ0) is 19.5. The van der Waals surface area contributed by atoms with E-state index in [9.17, 15) is 4.79 Å². The Morgan fingerprint density at radius 2 is 2.36 bits per heavy atom. The summed E-state index contributed by atoms with van der Waals surface area (Å²) < 4.78 is 7.04. The predicted molar refractivity (Wildman–Crippen MR) is 107 cm³/mol. The minimum absolute atomic E-state index is 0.171. The molecule has 3 aromatic rings. The summed E-state index contributed by atoms with van der Waals surface area (Å²) in [6.45, 7) is 1.95. The number of amides is 1. The van der Waals surface area contributed by atoms with Crippen molar-refractivity contribution in [3.63, 3.8) is 0 Å². The van der Waals surface area contributed by atoms with Crippen LogP contribution >= 0.6 is 11.3 Å². The van der Waals surface area contributed by atoms with Crippen LogP contribution in [0, 0.1) is 11.5 Å². The number of fused-ring (bicyclic) bond motifs is 1. The lowest BCUT2D eigenvalue weighted by Gasteiger charge is -2.16. The summed E-state index contributed by atoms with van der Waals surface area (Å²) in [5.74, 6) is -0.171. The summed E-state index contributed by atoms with van der Waals surface area (Å²) in [6.07, 6.45) is 7.23. The molecule has 1 saturated heterocycles. The molecule has 9 heteroatoms. The average Bonchev–Trinajstić information content (AvgIpc) is 3.45. The molecule has 8 nitrogen and oxygen atoms in total. The number of nitrogens with one attached hydrogen (secondary N) is 1. The molecule has 1 unspecified atom stereocenters. The van der Waals surface area contributed by atoms with Gasteiger partial charge in [-0.15, -0.1) is 0 Å². The summed E-state index contributed by atoms with van der Waals surface area (Å²) in [7, 11) is 1.68. The Morgan fingerprint density at radius 1 is 1.46 bits per heavy atom. The quantitative estimate of drug-likeness (QED) is 0.644. The second-order valence-electron chi connectivity index (χ2n) is 6.60. The van der Waals surface area contributed by atoms with Gasteiger partial charge in [0.05, 0.1) is 29.7 Å². The van der Waals surface area contributed by atoms with Crippen LogP contribution in [0.3, 0.4) is 0 Å². The number of ether oxygens (including phenoxy) is 1. The minimum atomic E-state index is -0.397. The summed E-state index contributed by atoms with van der Waals surface area (Å²) in [5.41, 5.74) is 2.08. The molecule has 1 fully saturated rings. The Hall–Kier alpha value is -2.96. The van der Waals surface area contributed by atoms with Gasteiger partial charge in [0.1, 0.15) is 6.04 Å². The van der Waals surface area contributed by atoms with Gasteiger partial charge in [0.25, 0.3) is 0 Å². The van der Waals surface area contributed by atoms with Crippen LogP contribution in [0.25, 0.3) is 21.3 Å². The molecule has 144 valence electrons. The maximum Gasteiger partial charge on any atom is 0.249 e. The number of benzene rings is 1. The molecule has 3 heterocycles. The van der Waals surface area contributed by atoms with E-state index in [0.717, 1.165) is 27.8 Å². The highest BCUT2D eigenvalue weighted by Gasteiger charge is 2.30. The number of nitriles is 1. The van der Waals surface area contributed by atoms with Crippen LogP contribution in [0.1, 0.15) is 12.8 Å². The Bertz CT molecular complexity index is 1040. The first kappa shape index (κ1) is 18.4. The molecule has 4 rings (SSSR count). The highest BCUT2D eigenvalue weighted by Crippen LogP contribution is 2.31. The molecule has 28 heavy (non-hydrogen) atoms. The number of hydrogen-bond donors (Lipinski definition) is 1. The van der Waals surface area contributed by atoms with Crippen molar-refractivity contribution in [2.45, 2.75) is 25.4 Å². The number of likely N-dealkylation sites (tertiary alicyclic amines) is 1. The molecular weight excluding hydrogens is 376 g/mol. The summed E-state index contributed by atoms with van der Waals surface area (Å²) in [5, 5.41) is 18.0.